The maximum absolute atomic E-state index is 5.90. The molecule has 0 fully saturated rings. The predicted molar refractivity (Wildman–Crippen MR) is 62.6 cm³/mol. The van der Waals surface area contributed by atoms with E-state index in [4.69, 9.17) is 11.6 Å². The summed E-state index contributed by atoms with van der Waals surface area (Å²) in [6, 6.07) is 3.44. The summed E-state index contributed by atoms with van der Waals surface area (Å²) in [7, 11) is 3.43. The molecule has 0 saturated heterocycles. The molecule has 10 heteroatoms. The topological polar surface area (TPSA) is 61.7 Å². The van der Waals surface area contributed by atoms with E-state index in [-0.39, 0.29) is 55.8 Å². The van der Waals surface area contributed by atoms with Crippen LogP contribution in [0, 0.1) is 0 Å². The summed E-state index contributed by atoms with van der Waals surface area (Å²) in [6.07, 6.45) is 3.17. The zero-order valence-electron chi connectivity index (χ0n) is 10.1. The van der Waals surface area contributed by atoms with Crippen LogP contribution in [0.2, 0.25) is 5.02 Å². The van der Waals surface area contributed by atoms with E-state index >= 15 is 0 Å². The van der Waals surface area contributed by atoms with Crippen molar-refractivity contribution in [1.82, 2.24) is 15.8 Å². The maximum atomic E-state index is 5.90. The van der Waals surface area contributed by atoms with Gasteiger partial charge in [0.15, 0.2) is 0 Å². The fourth-order valence-corrected chi connectivity index (χ4v) is 1.16. The molecule has 0 aliphatic rings. The predicted octanol–water partition coefficient (Wildman–Crippen LogP) is -8.15. The van der Waals surface area contributed by atoms with Crippen molar-refractivity contribution in [2.24, 2.45) is 10.2 Å². The largest absolute Gasteiger partial charge is 3.00 e. The second-order valence-corrected chi connectivity index (χ2v) is 3.04. The van der Waals surface area contributed by atoms with Gasteiger partial charge in [-0.25, -0.2) is 4.98 Å². The third kappa shape index (κ3) is 11.4. The van der Waals surface area contributed by atoms with Crippen molar-refractivity contribution < 1.29 is 55.8 Å². The molecule has 1 heterocycles. The van der Waals surface area contributed by atoms with Gasteiger partial charge in [-0.3, -0.25) is 0 Å². The summed E-state index contributed by atoms with van der Waals surface area (Å²) in [4.78, 5) is 4.25. The van der Waals surface area contributed by atoms with Crippen LogP contribution < -0.4 is 48.1 Å². The van der Waals surface area contributed by atoms with Crippen LogP contribution in [-0.4, -0.2) is 31.5 Å². The van der Waals surface area contributed by atoms with E-state index in [1.165, 1.54) is 0 Å². The quantitative estimate of drug-likeness (QED) is 0.401. The van der Waals surface area contributed by atoms with Crippen molar-refractivity contribution in [1.29, 1.82) is 0 Å². The second-order valence-electron chi connectivity index (χ2n) is 2.60. The summed E-state index contributed by atoms with van der Waals surface area (Å²) >= 11 is 5.90. The SMILES string of the molecule is CNN=Cc1cc(Cl)cc(C=NNC)n1.[Cl-].[Cl-].[Cl-].[V+3]. The van der Waals surface area contributed by atoms with Crippen molar-refractivity contribution in [2.75, 3.05) is 14.1 Å². The van der Waals surface area contributed by atoms with Crippen molar-refractivity contribution in [3.8, 4) is 0 Å². The van der Waals surface area contributed by atoms with E-state index < -0.39 is 0 Å². The fraction of sp³-hybridized carbons (Fsp3) is 0.222. The number of hydrogen-bond donors (Lipinski definition) is 2. The first-order chi connectivity index (χ1) is 7.26. The van der Waals surface area contributed by atoms with Gasteiger partial charge in [0.25, 0.3) is 0 Å². The Hall–Kier alpha value is -0.166. The number of pyridine rings is 1. The first-order valence-electron chi connectivity index (χ1n) is 4.33. The monoisotopic (exact) mass is 381 g/mol. The van der Waals surface area contributed by atoms with Crippen LogP contribution in [0.25, 0.3) is 0 Å². The van der Waals surface area contributed by atoms with Gasteiger partial charge in [0.05, 0.1) is 23.8 Å². The van der Waals surface area contributed by atoms with Gasteiger partial charge in [0.2, 0.25) is 0 Å². The molecule has 1 aromatic rings. The minimum Gasteiger partial charge on any atom is -1.00 e. The van der Waals surface area contributed by atoms with Crippen LogP contribution in [0.3, 0.4) is 0 Å². The Morgan fingerprint density at radius 1 is 1.00 bits per heavy atom. The van der Waals surface area contributed by atoms with Crippen LogP contribution in [0.5, 0.6) is 0 Å². The Morgan fingerprint density at radius 2 is 1.37 bits per heavy atom. The van der Waals surface area contributed by atoms with Gasteiger partial charge < -0.3 is 48.1 Å². The Bertz CT molecular complexity index is 357. The van der Waals surface area contributed by atoms with Gasteiger partial charge >= 0.3 is 18.6 Å². The Morgan fingerprint density at radius 3 is 1.68 bits per heavy atom. The van der Waals surface area contributed by atoms with E-state index in [0.29, 0.717) is 16.4 Å². The van der Waals surface area contributed by atoms with Gasteiger partial charge in [-0.1, -0.05) is 11.6 Å². The van der Waals surface area contributed by atoms with Crippen LogP contribution >= 0.6 is 11.6 Å². The Balaban J connectivity index is -0.000000281. The van der Waals surface area contributed by atoms with E-state index in [9.17, 15) is 0 Å². The summed E-state index contributed by atoms with van der Waals surface area (Å²) in [5.74, 6) is 0. The fourth-order valence-electron chi connectivity index (χ4n) is 0.931. The number of nitrogens with one attached hydrogen (secondary N) is 2. The van der Waals surface area contributed by atoms with E-state index in [0.717, 1.165) is 0 Å². The molecule has 0 spiro atoms. The van der Waals surface area contributed by atoms with Gasteiger partial charge in [-0.15, -0.1) is 0 Å². The van der Waals surface area contributed by atoms with Crippen LogP contribution in [0.15, 0.2) is 22.3 Å². The number of nitrogens with zero attached hydrogens (tertiary/aromatic N) is 3. The molecule has 2 N–H and O–H groups in total. The van der Waals surface area contributed by atoms with Crippen LogP contribution in [0.1, 0.15) is 11.4 Å². The molecule has 19 heavy (non-hydrogen) atoms. The molecule has 0 aliphatic carbocycles. The van der Waals surface area contributed by atoms with Crippen molar-refractivity contribution in [3.63, 3.8) is 0 Å². The summed E-state index contributed by atoms with van der Waals surface area (Å²) in [6.45, 7) is 0. The molecular weight excluding hydrogens is 371 g/mol. The second kappa shape index (κ2) is 15.9. The van der Waals surface area contributed by atoms with Crippen molar-refractivity contribution in [3.05, 3.63) is 28.5 Å². The molecule has 0 unspecified atom stereocenters. The van der Waals surface area contributed by atoms with E-state index in [2.05, 4.69) is 26.0 Å². The number of halogens is 4. The smallest absolute Gasteiger partial charge is 1.00 e. The number of hydrazone groups is 2. The Kier molecular flexibility index (Phi) is 22.8. The first kappa shape index (κ1) is 27.2. The van der Waals surface area contributed by atoms with Gasteiger partial charge in [-0.05, 0) is 12.1 Å². The van der Waals surface area contributed by atoms with Crippen LogP contribution in [0.4, 0.5) is 0 Å². The van der Waals surface area contributed by atoms with E-state index in [1.54, 1.807) is 38.7 Å². The molecule has 0 radical (unpaired) electrons. The molecular formula is C9H12Cl4N5V. The summed E-state index contributed by atoms with van der Waals surface area (Å²) in [5.41, 5.74) is 6.63. The minimum atomic E-state index is 0. The standard InChI is InChI=1S/C9H12ClN5.3ClH.V/c1-11-13-5-8-3-7(10)4-9(15-8)6-14-12-2;;;;/h3-6,11-12H,1-2H3;3*1H;/q;;;;+3/p-3. The third-order valence-corrected chi connectivity index (χ3v) is 1.70. The minimum absolute atomic E-state index is 0. The van der Waals surface area contributed by atoms with Gasteiger partial charge in [-0.2, -0.15) is 10.2 Å². The first-order valence-corrected chi connectivity index (χ1v) is 4.71. The normalized spacial score (nSPS) is 8.79. The molecule has 0 aliphatic heterocycles. The molecule has 0 saturated carbocycles. The molecule has 106 valence electrons. The molecule has 0 atom stereocenters. The van der Waals surface area contributed by atoms with Gasteiger partial charge in [0.1, 0.15) is 0 Å². The molecule has 5 nitrogen and oxygen atoms in total. The zero-order chi connectivity index (χ0) is 11.1. The molecule has 0 amide bonds. The van der Waals surface area contributed by atoms with Crippen molar-refractivity contribution >= 4 is 24.0 Å². The van der Waals surface area contributed by atoms with Gasteiger partial charge in [0, 0.05) is 19.1 Å². The Labute approximate surface area is 148 Å². The summed E-state index contributed by atoms with van der Waals surface area (Å²) < 4.78 is 0. The van der Waals surface area contributed by atoms with Crippen molar-refractivity contribution in [2.45, 2.75) is 0 Å². The molecule has 0 bridgehead atoms. The number of aromatic nitrogens is 1. The molecule has 1 rings (SSSR count). The zero-order valence-corrected chi connectivity index (χ0v) is 14.5. The third-order valence-electron chi connectivity index (χ3n) is 1.48. The number of hydrogen-bond acceptors (Lipinski definition) is 5. The molecule has 0 aromatic carbocycles. The molecule has 1 aromatic heterocycles. The average Bonchev–Trinajstić information content (AvgIpc) is 2.23. The van der Waals surface area contributed by atoms with Crippen LogP contribution in [-0.2, 0) is 18.6 Å². The number of rotatable bonds is 4. The average molecular weight is 383 g/mol. The van der Waals surface area contributed by atoms with E-state index in [1.807, 2.05) is 0 Å². The maximum Gasteiger partial charge on any atom is 3.00 e. The summed E-state index contributed by atoms with van der Waals surface area (Å²) in [5, 5.41) is 8.29.